The van der Waals surface area contributed by atoms with Crippen molar-refractivity contribution in [2.24, 2.45) is 5.73 Å². The highest BCUT2D eigenvalue weighted by atomic mass is 19.4. The number of H-pyrrole nitrogens is 1. The maximum atomic E-state index is 10.6. The van der Waals surface area contributed by atoms with Crippen molar-refractivity contribution in [3.8, 4) is 11.1 Å². The Morgan fingerprint density at radius 3 is 1.79 bits per heavy atom. The van der Waals surface area contributed by atoms with Gasteiger partial charge in [0.05, 0.1) is 17.1 Å². The van der Waals surface area contributed by atoms with Gasteiger partial charge in [-0.3, -0.25) is 4.98 Å². The minimum atomic E-state index is -5.08. The molecule has 0 saturated carbocycles. The first-order valence-electron chi connectivity index (χ1n) is 12.1. The van der Waals surface area contributed by atoms with Crippen LogP contribution in [0.1, 0.15) is 43.8 Å². The minimum absolute atomic E-state index is 0.159. The normalized spacial score (nSPS) is 12.4. The summed E-state index contributed by atoms with van der Waals surface area (Å²) in [4.78, 5) is 30.0. The number of carboxylic acid groups (broad SMARTS) is 2. The smallest absolute Gasteiger partial charge is 0.475 e. The molecule has 42 heavy (non-hydrogen) atoms. The van der Waals surface area contributed by atoms with Crippen LogP contribution >= 0.6 is 0 Å². The lowest BCUT2D eigenvalue weighted by molar-refractivity contribution is -0.193. The summed E-state index contributed by atoms with van der Waals surface area (Å²) in [7, 11) is 0. The zero-order valence-corrected chi connectivity index (χ0v) is 22.6. The monoisotopic (exact) mass is 598 g/mol. The Morgan fingerprint density at radius 2 is 1.33 bits per heavy atom. The number of hydrogen-bond acceptors (Lipinski definition) is 5. The Hall–Kier alpha value is -4.46. The number of nitrogens with zero attached hydrogens (tertiary/aromatic N) is 2. The SMILES string of the molecule is CC(C)(C)c1ccc(C[C@H](N)c2nc3ccc(-c4ccncc4)cc3[nH]2)cc1.O=C(O)C(F)(F)F.O=C(O)C(F)(F)F. The van der Waals surface area contributed by atoms with Crippen molar-refractivity contribution in [3.63, 3.8) is 0 Å². The Balaban J connectivity index is 0.000000367. The fourth-order valence-corrected chi connectivity index (χ4v) is 3.42. The van der Waals surface area contributed by atoms with E-state index in [1.807, 2.05) is 18.2 Å². The van der Waals surface area contributed by atoms with Crippen molar-refractivity contribution in [2.75, 3.05) is 0 Å². The maximum absolute atomic E-state index is 10.6. The van der Waals surface area contributed by atoms with Gasteiger partial charge in [0.1, 0.15) is 5.82 Å². The highest BCUT2D eigenvalue weighted by Gasteiger charge is 2.38. The number of halogens is 6. The zero-order valence-electron chi connectivity index (χ0n) is 22.6. The summed E-state index contributed by atoms with van der Waals surface area (Å²) in [6.45, 7) is 6.67. The molecule has 0 saturated heterocycles. The maximum Gasteiger partial charge on any atom is 0.490 e. The van der Waals surface area contributed by atoms with Crippen LogP contribution in [-0.2, 0) is 21.4 Å². The molecule has 0 spiro atoms. The number of imidazole rings is 1. The molecule has 0 amide bonds. The van der Waals surface area contributed by atoms with Crippen molar-refractivity contribution in [1.82, 2.24) is 15.0 Å². The van der Waals surface area contributed by atoms with E-state index in [4.69, 9.17) is 30.5 Å². The summed E-state index contributed by atoms with van der Waals surface area (Å²) in [5, 5.41) is 14.2. The summed E-state index contributed by atoms with van der Waals surface area (Å²) in [5.41, 5.74) is 13.4. The molecular weight excluding hydrogens is 570 g/mol. The molecule has 2 aromatic heterocycles. The number of aromatic nitrogens is 3. The van der Waals surface area contributed by atoms with Gasteiger partial charge in [0.2, 0.25) is 0 Å². The molecule has 0 aliphatic rings. The third-order valence-electron chi connectivity index (χ3n) is 5.63. The number of fused-ring (bicyclic) bond motifs is 1. The number of nitrogens with two attached hydrogens (primary N) is 1. The van der Waals surface area contributed by atoms with Crippen LogP contribution in [0.3, 0.4) is 0 Å². The fraction of sp³-hybridized carbons (Fsp3) is 0.286. The largest absolute Gasteiger partial charge is 0.490 e. The molecule has 5 N–H and O–H groups in total. The van der Waals surface area contributed by atoms with Crippen LogP contribution < -0.4 is 5.73 Å². The third kappa shape index (κ3) is 10.2. The number of hydrogen-bond donors (Lipinski definition) is 4. The van der Waals surface area contributed by atoms with E-state index in [1.165, 1.54) is 11.1 Å². The highest BCUT2D eigenvalue weighted by molar-refractivity contribution is 5.82. The zero-order chi connectivity index (χ0) is 31.9. The molecular formula is C28H28F6N4O4. The number of carbonyl (C=O) groups is 2. The van der Waals surface area contributed by atoms with Gasteiger partial charge in [0.25, 0.3) is 0 Å². The number of carboxylic acids is 2. The summed E-state index contributed by atoms with van der Waals surface area (Å²) in [6.07, 6.45) is -5.81. The predicted octanol–water partition coefficient (Wildman–Crippen LogP) is 6.43. The average Bonchev–Trinajstić information content (AvgIpc) is 3.32. The lowest BCUT2D eigenvalue weighted by atomic mass is 9.86. The van der Waals surface area contributed by atoms with Crippen LogP contribution in [0, 0.1) is 0 Å². The van der Waals surface area contributed by atoms with E-state index in [1.54, 1.807) is 12.4 Å². The van der Waals surface area contributed by atoms with Crippen LogP contribution in [0.25, 0.3) is 22.2 Å². The number of nitrogens with one attached hydrogen (secondary N) is 1. The van der Waals surface area contributed by atoms with Gasteiger partial charge in [-0.15, -0.1) is 0 Å². The topological polar surface area (TPSA) is 142 Å². The average molecular weight is 599 g/mol. The van der Waals surface area contributed by atoms with Crippen LogP contribution in [0.4, 0.5) is 26.3 Å². The van der Waals surface area contributed by atoms with E-state index in [9.17, 15) is 26.3 Å². The van der Waals surface area contributed by atoms with Gasteiger partial charge in [0.15, 0.2) is 0 Å². The molecule has 0 bridgehead atoms. The lowest BCUT2D eigenvalue weighted by Gasteiger charge is -2.19. The Kier molecular flexibility index (Phi) is 10.8. The second-order valence-electron chi connectivity index (χ2n) is 9.95. The van der Waals surface area contributed by atoms with Gasteiger partial charge < -0.3 is 20.9 Å². The molecule has 0 aliphatic heterocycles. The van der Waals surface area contributed by atoms with Gasteiger partial charge in [-0.2, -0.15) is 26.3 Å². The van der Waals surface area contributed by atoms with Crippen molar-refractivity contribution in [3.05, 3.63) is 83.9 Å². The van der Waals surface area contributed by atoms with Gasteiger partial charge >= 0.3 is 24.3 Å². The van der Waals surface area contributed by atoms with Gasteiger partial charge in [0, 0.05) is 12.4 Å². The number of pyridine rings is 1. The molecule has 4 aromatic rings. The van der Waals surface area contributed by atoms with Gasteiger partial charge in [-0.1, -0.05) is 51.1 Å². The Labute approximate surface area is 236 Å². The van der Waals surface area contributed by atoms with E-state index < -0.39 is 24.3 Å². The predicted molar refractivity (Wildman–Crippen MR) is 142 cm³/mol. The van der Waals surface area contributed by atoms with Crippen LogP contribution in [0.2, 0.25) is 0 Å². The Bertz CT molecular complexity index is 1460. The first-order valence-corrected chi connectivity index (χ1v) is 12.1. The molecule has 8 nitrogen and oxygen atoms in total. The Morgan fingerprint density at radius 1 is 0.833 bits per heavy atom. The van der Waals surface area contributed by atoms with Crippen molar-refractivity contribution in [1.29, 1.82) is 0 Å². The van der Waals surface area contributed by atoms with Crippen molar-refractivity contribution in [2.45, 2.75) is 51.0 Å². The number of alkyl halides is 6. The van der Waals surface area contributed by atoms with Crippen molar-refractivity contribution < 1.29 is 46.1 Å². The molecule has 14 heteroatoms. The van der Waals surface area contributed by atoms with Crippen LogP contribution in [-0.4, -0.2) is 49.5 Å². The number of rotatable bonds is 4. The molecule has 1 atom stereocenters. The summed E-state index contributed by atoms with van der Waals surface area (Å²) >= 11 is 0. The molecule has 2 aromatic carbocycles. The van der Waals surface area contributed by atoms with E-state index in [2.05, 4.69) is 67.1 Å². The second kappa shape index (κ2) is 13.5. The van der Waals surface area contributed by atoms with E-state index in [0.29, 0.717) is 0 Å². The number of benzene rings is 2. The van der Waals surface area contributed by atoms with Gasteiger partial charge in [-0.05, 0) is 58.4 Å². The molecule has 4 rings (SSSR count). The second-order valence-corrected chi connectivity index (χ2v) is 9.95. The number of aromatic amines is 1. The molecule has 0 fully saturated rings. The molecule has 0 aliphatic carbocycles. The molecule has 0 radical (unpaired) electrons. The fourth-order valence-electron chi connectivity index (χ4n) is 3.42. The molecule has 2 heterocycles. The highest BCUT2D eigenvalue weighted by Crippen LogP contribution is 2.26. The first-order chi connectivity index (χ1) is 19.3. The molecule has 226 valence electrons. The third-order valence-corrected chi connectivity index (χ3v) is 5.63. The summed E-state index contributed by atoms with van der Waals surface area (Å²) in [6, 6.07) is 18.8. The molecule has 0 unspecified atom stereocenters. The van der Waals surface area contributed by atoms with Crippen LogP contribution in [0.5, 0.6) is 0 Å². The number of aliphatic carboxylic acids is 2. The minimum Gasteiger partial charge on any atom is -0.475 e. The summed E-state index contributed by atoms with van der Waals surface area (Å²) in [5.74, 6) is -4.69. The lowest BCUT2D eigenvalue weighted by Crippen LogP contribution is -2.21. The van der Waals surface area contributed by atoms with Crippen molar-refractivity contribution >= 4 is 23.0 Å². The van der Waals surface area contributed by atoms with E-state index >= 15 is 0 Å². The standard InChI is InChI=1S/C24H26N4.2C2HF3O2/c1-24(2,3)19-7-4-16(5-8-19)14-20(25)23-27-21-9-6-18(15-22(21)28-23)17-10-12-26-13-11-17;2*3-2(4,5)1(6)7/h4-13,15,20H,14,25H2,1-3H3,(H,27,28);2*(H,6,7)/t20-;;/m0../s1. The van der Waals surface area contributed by atoms with E-state index in [-0.39, 0.29) is 11.5 Å². The quantitative estimate of drug-likeness (QED) is 0.198. The first kappa shape index (κ1) is 33.7. The van der Waals surface area contributed by atoms with E-state index in [0.717, 1.165) is 34.4 Å². The summed E-state index contributed by atoms with van der Waals surface area (Å²) < 4.78 is 63.5. The van der Waals surface area contributed by atoms with Gasteiger partial charge in [-0.25, -0.2) is 14.6 Å². The van der Waals surface area contributed by atoms with Crippen LogP contribution in [0.15, 0.2) is 67.0 Å².